The largest absolute Gasteiger partial charge is 0.481 e. The minimum atomic E-state index is 0.573. The van der Waals surface area contributed by atoms with E-state index in [-0.39, 0.29) is 0 Å². The Kier molecular flexibility index (Phi) is 4.38. The Balaban J connectivity index is 1.91. The van der Waals surface area contributed by atoms with Crippen molar-refractivity contribution in [3.63, 3.8) is 0 Å². The van der Waals surface area contributed by atoms with E-state index < -0.39 is 0 Å². The molecular weight excluding hydrogens is 270 g/mol. The Bertz CT molecular complexity index is 530. The Morgan fingerprint density at radius 3 is 2.89 bits per heavy atom. The summed E-state index contributed by atoms with van der Waals surface area (Å²) in [6.45, 7) is 2.64. The van der Waals surface area contributed by atoms with Crippen LogP contribution in [0.3, 0.4) is 0 Å². The van der Waals surface area contributed by atoms with Gasteiger partial charge in [0.2, 0.25) is 5.88 Å². The average Bonchev–Trinajstić information content (AvgIpc) is 2.74. The summed E-state index contributed by atoms with van der Waals surface area (Å²) in [6, 6.07) is 5.74. The predicted molar refractivity (Wildman–Crippen MR) is 74.8 cm³/mol. The Hall–Kier alpha value is -1.33. The van der Waals surface area contributed by atoms with E-state index in [1.165, 1.54) is 4.88 Å². The fraction of sp³-hybridized carbons (Fsp3) is 0.333. The first-order valence-corrected chi connectivity index (χ1v) is 6.74. The first-order chi connectivity index (χ1) is 8.67. The van der Waals surface area contributed by atoms with Gasteiger partial charge in [-0.3, -0.25) is 0 Å². The minimum absolute atomic E-state index is 0.573. The fourth-order valence-electron chi connectivity index (χ4n) is 1.54. The summed E-state index contributed by atoms with van der Waals surface area (Å²) in [5.41, 5.74) is 0. The smallest absolute Gasteiger partial charge is 0.218 e. The molecule has 0 atom stereocenters. The van der Waals surface area contributed by atoms with Gasteiger partial charge in [0.15, 0.2) is 0 Å². The van der Waals surface area contributed by atoms with E-state index in [1.54, 1.807) is 24.5 Å². The van der Waals surface area contributed by atoms with E-state index in [1.807, 2.05) is 19.1 Å². The molecule has 0 aliphatic rings. The maximum atomic E-state index is 5.88. The van der Waals surface area contributed by atoms with Gasteiger partial charge in [0.05, 0.1) is 11.4 Å². The lowest BCUT2D eigenvalue weighted by Crippen LogP contribution is -2.07. The molecule has 2 rings (SSSR count). The van der Waals surface area contributed by atoms with Crippen LogP contribution >= 0.6 is 22.9 Å². The van der Waals surface area contributed by atoms with Gasteiger partial charge in [-0.2, -0.15) is 4.98 Å². The molecule has 0 aliphatic heterocycles. The molecule has 0 aromatic carbocycles. The number of methoxy groups -OCH3 is 1. The lowest BCUT2D eigenvalue weighted by molar-refractivity contribution is 0.396. The van der Waals surface area contributed by atoms with Gasteiger partial charge in [-0.15, -0.1) is 11.3 Å². The first-order valence-electron chi connectivity index (χ1n) is 5.55. The van der Waals surface area contributed by atoms with Gasteiger partial charge in [0.1, 0.15) is 11.6 Å². The molecule has 0 aliphatic carbocycles. The van der Waals surface area contributed by atoms with Crippen LogP contribution in [0.1, 0.15) is 10.7 Å². The lowest BCUT2D eigenvalue weighted by atomic mass is 10.3. The van der Waals surface area contributed by atoms with Crippen LogP contribution < -0.4 is 10.1 Å². The van der Waals surface area contributed by atoms with E-state index in [0.717, 1.165) is 23.1 Å². The van der Waals surface area contributed by atoms with Gasteiger partial charge >= 0.3 is 0 Å². The van der Waals surface area contributed by atoms with Gasteiger partial charge in [-0.25, -0.2) is 4.98 Å². The molecule has 0 amide bonds. The number of hydrogen-bond donors (Lipinski definition) is 1. The number of anilines is 1. The Labute approximate surface area is 115 Å². The van der Waals surface area contributed by atoms with Crippen molar-refractivity contribution in [2.75, 3.05) is 19.0 Å². The zero-order valence-corrected chi connectivity index (χ0v) is 11.8. The highest BCUT2D eigenvalue weighted by atomic mass is 35.5. The topological polar surface area (TPSA) is 47.0 Å². The molecule has 0 radical (unpaired) electrons. The van der Waals surface area contributed by atoms with Gasteiger partial charge in [-0.1, -0.05) is 11.6 Å². The van der Waals surface area contributed by atoms with Gasteiger partial charge in [0, 0.05) is 17.5 Å². The van der Waals surface area contributed by atoms with Crippen molar-refractivity contribution in [3.05, 3.63) is 33.2 Å². The number of hydrogen-bond acceptors (Lipinski definition) is 5. The fourth-order valence-corrected chi connectivity index (χ4v) is 2.62. The first kappa shape index (κ1) is 13.1. The average molecular weight is 284 g/mol. The highest BCUT2D eigenvalue weighted by Gasteiger charge is 2.02. The number of nitrogens with zero attached hydrogens (tertiary/aromatic N) is 2. The number of thiophene rings is 1. The molecule has 2 aromatic rings. The van der Waals surface area contributed by atoms with E-state index in [0.29, 0.717) is 11.7 Å². The second-order valence-electron chi connectivity index (χ2n) is 3.73. The van der Waals surface area contributed by atoms with Crippen molar-refractivity contribution in [3.8, 4) is 5.88 Å². The number of halogens is 1. The molecule has 18 heavy (non-hydrogen) atoms. The molecule has 1 N–H and O–H groups in total. The van der Waals surface area contributed by atoms with Crippen LogP contribution in [0.25, 0.3) is 0 Å². The third kappa shape index (κ3) is 3.58. The summed E-state index contributed by atoms with van der Waals surface area (Å²) in [4.78, 5) is 9.68. The number of aryl methyl sites for hydroxylation is 1. The van der Waals surface area contributed by atoms with Crippen LogP contribution in [-0.4, -0.2) is 23.6 Å². The van der Waals surface area contributed by atoms with Crippen molar-refractivity contribution in [1.82, 2.24) is 9.97 Å². The summed E-state index contributed by atoms with van der Waals surface area (Å²) < 4.78 is 5.92. The van der Waals surface area contributed by atoms with E-state index in [2.05, 4.69) is 15.3 Å². The molecule has 0 saturated carbocycles. The molecule has 6 heteroatoms. The summed E-state index contributed by atoms with van der Waals surface area (Å²) in [7, 11) is 1.60. The van der Waals surface area contributed by atoms with Gasteiger partial charge in [-0.05, 0) is 25.5 Å². The highest BCUT2D eigenvalue weighted by Crippen LogP contribution is 2.21. The molecule has 0 bridgehead atoms. The summed E-state index contributed by atoms with van der Waals surface area (Å²) in [5, 5.41) is 3.25. The number of ether oxygens (including phenoxy) is 1. The minimum Gasteiger partial charge on any atom is -0.481 e. The zero-order valence-electron chi connectivity index (χ0n) is 10.2. The van der Waals surface area contributed by atoms with Crippen molar-refractivity contribution in [1.29, 1.82) is 0 Å². The Morgan fingerprint density at radius 2 is 2.22 bits per heavy atom. The monoisotopic (exact) mass is 283 g/mol. The molecule has 0 spiro atoms. The maximum Gasteiger partial charge on any atom is 0.218 e. The summed E-state index contributed by atoms with van der Waals surface area (Å²) in [6.07, 6.45) is 0.919. The van der Waals surface area contributed by atoms with Gasteiger partial charge < -0.3 is 10.1 Å². The maximum absolute atomic E-state index is 5.88. The normalized spacial score (nSPS) is 10.4. The third-order valence-corrected chi connectivity index (χ3v) is 3.62. The van der Waals surface area contributed by atoms with E-state index >= 15 is 0 Å². The zero-order chi connectivity index (χ0) is 13.0. The van der Waals surface area contributed by atoms with Crippen molar-refractivity contribution in [2.45, 2.75) is 13.3 Å². The second kappa shape index (κ2) is 6.02. The molecule has 2 aromatic heterocycles. The van der Waals surface area contributed by atoms with Crippen LogP contribution in [0.15, 0.2) is 18.2 Å². The predicted octanol–water partition coefficient (Wildman–Crippen LogP) is 3.16. The van der Waals surface area contributed by atoms with Crippen molar-refractivity contribution in [2.24, 2.45) is 0 Å². The molecular formula is C12H14ClN3OS. The second-order valence-corrected chi connectivity index (χ2v) is 5.52. The highest BCUT2D eigenvalue weighted by molar-refractivity contribution is 7.16. The standard InChI is InChI=1S/C12H14ClN3OS/c1-8-15-11(7-12(16-8)17-2)14-6-5-9-3-4-10(13)18-9/h3-4,7H,5-6H2,1-2H3,(H,14,15,16). The molecule has 96 valence electrons. The third-order valence-electron chi connectivity index (χ3n) is 2.33. The van der Waals surface area contributed by atoms with Crippen LogP contribution in [0.2, 0.25) is 4.34 Å². The van der Waals surface area contributed by atoms with Crippen LogP contribution in [-0.2, 0) is 6.42 Å². The molecule has 4 nitrogen and oxygen atoms in total. The Morgan fingerprint density at radius 1 is 1.39 bits per heavy atom. The van der Waals surface area contributed by atoms with Crippen LogP contribution in [0.4, 0.5) is 5.82 Å². The molecule has 0 unspecified atom stereocenters. The number of aromatic nitrogens is 2. The summed E-state index contributed by atoms with van der Waals surface area (Å²) >= 11 is 7.48. The summed E-state index contributed by atoms with van der Waals surface area (Å²) in [5.74, 6) is 2.04. The molecule has 0 saturated heterocycles. The molecule has 2 heterocycles. The lowest BCUT2D eigenvalue weighted by Gasteiger charge is -2.07. The van der Waals surface area contributed by atoms with Crippen molar-refractivity contribution < 1.29 is 4.74 Å². The van der Waals surface area contributed by atoms with Crippen LogP contribution in [0, 0.1) is 6.92 Å². The quantitative estimate of drug-likeness (QED) is 0.916. The number of nitrogens with one attached hydrogen (secondary N) is 1. The van der Waals surface area contributed by atoms with Crippen LogP contribution in [0.5, 0.6) is 5.88 Å². The number of rotatable bonds is 5. The SMILES string of the molecule is COc1cc(NCCc2ccc(Cl)s2)nc(C)n1. The molecule has 0 fully saturated rings. The van der Waals surface area contributed by atoms with E-state index in [9.17, 15) is 0 Å². The van der Waals surface area contributed by atoms with Crippen molar-refractivity contribution >= 4 is 28.8 Å². The van der Waals surface area contributed by atoms with Gasteiger partial charge in [0.25, 0.3) is 0 Å². The van der Waals surface area contributed by atoms with E-state index in [4.69, 9.17) is 16.3 Å².